The number of carbonyl (C=O) groups is 1. The molecule has 1 aromatic carbocycles. The summed E-state index contributed by atoms with van der Waals surface area (Å²) < 4.78 is 49.6. The van der Waals surface area contributed by atoms with Gasteiger partial charge in [0.05, 0.1) is 18.1 Å². The third kappa shape index (κ3) is 6.32. The Morgan fingerprint density at radius 1 is 1.19 bits per heavy atom. The SMILES string of the molecule is CC(C)(F)CN1CCC(COc2ccc(C3=C(F)CC(C)(C(=O)N4CC[C@@H](O)C4)C=C3)cc2F)CC1. The summed E-state index contributed by atoms with van der Waals surface area (Å²) in [6, 6.07) is 4.41. The number of nitrogens with zero attached hydrogens (tertiary/aromatic N) is 2. The van der Waals surface area contributed by atoms with Crippen molar-refractivity contribution >= 4 is 11.5 Å². The van der Waals surface area contributed by atoms with E-state index in [0.717, 1.165) is 25.9 Å². The molecule has 0 aromatic heterocycles. The van der Waals surface area contributed by atoms with E-state index in [4.69, 9.17) is 4.74 Å². The standard InChI is InChI=1S/C28H37F3N2O3/c1-27(2,31)18-32-11-7-19(8-12-32)17-36-25-5-4-20(14-23(25)29)22-6-10-28(3,15-24(22)30)26(35)33-13-9-21(34)16-33/h4-6,10,14,19,21,34H,7-9,11-13,15-18H2,1-3H3/t21-,28?/m1/s1. The number of hydrogen-bond acceptors (Lipinski definition) is 4. The molecule has 1 amide bonds. The van der Waals surface area contributed by atoms with Crippen molar-refractivity contribution < 1.29 is 27.8 Å². The number of benzene rings is 1. The van der Waals surface area contributed by atoms with Gasteiger partial charge in [-0.1, -0.05) is 18.2 Å². The molecular weight excluding hydrogens is 469 g/mol. The van der Waals surface area contributed by atoms with Crippen LogP contribution in [0.4, 0.5) is 13.2 Å². The smallest absolute Gasteiger partial charge is 0.232 e. The summed E-state index contributed by atoms with van der Waals surface area (Å²) in [5.74, 6) is -0.841. The summed E-state index contributed by atoms with van der Waals surface area (Å²) in [6.45, 7) is 7.96. The highest BCUT2D eigenvalue weighted by Gasteiger charge is 2.40. The summed E-state index contributed by atoms with van der Waals surface area (Å²) in [7, 11) is 0. The molecule has 0 radical (unpaired) electrons. The quantitative estimate of drug-likeness (QED) is 0.571. The van der Waals surface area contributed by atoms with Crippen molar-refractivity contribution in [2.75, 3.05) is 39.3 Å². The molecule has 8 heteroatoms. The topological polar surface area (TPSA) is 53.0 Å². The Kier molecular flexibility index (Phi) is 7.86. The molecule has 2 heterocycles. The zero-order valence-corrected chi connectivity index (χ0v) is 21.4. The molecule has 2 aliphatic heterocycles. The Morgan fingerprint density at radius 3 is 2.50 bits per heavy atom. The van der Waals surface area contributed by atoms with Crippen molar-refractivity contribution in [3.8, 4) is 5.75 Å². The zero-order chi connectivity index (χ0) is 26.1. The first-order chi connectivity index (χ1) is 16.9. The van der Waals surface area contributed by atoms with Gasteiger partial charge in [-0.3, -0.25) is 4.79 Å². The molecule has 3 aliphatic rings. The molecule has 1 N–H and O–H groups in total. The van der Waals surface area contributed by atoms with Crippen LogP contribution in [0.2, 0.25) is 0 Å². The van der Waals surface area contributed by atoms with Crippen molar-refractivity contribution in [1.82, 2.24) is 9.80 Å². The minimum Gasteiger partial charge on any atom is -0.490 e. The fourth-order valence-electron chi connectivity index (χ4n) is 5.36. The largest absolute Gasteiger partial charge is 0.490 e. The van der Waals surface area contributed by atoms with Gasteiger partial charge in [0.25, 0.3) is 0 Å². The Balaban J connectivity index is 1.34. The average Bonchev–Trinajstić information content (AvgIpc) is 3.24. The Hall–Kier alpha value is -2.32. The average molecular weight is 507 g/mol. The van der Waals surface area contributed by atoms with Crippen molar-refractivity contribution in [2.45, 2.75) is 58.2 Å². The molecule has 36 heavy (non-hydrogen) atoms. The van der Waals surface area contributed by atoms with Gasteiger partial charge in [-0.25, -0.2) is 13.2 Å². The molecule has 0 bridgehead atoms. The van der Waals surface area contributed by atoms with Crippen LogP contribution in [0.15, 0.2) is 36.2 Å². The molecule has 1 unspecified atom stereocenters. The zero-order valence-electron chi connectivity index (χ0n) is 21.4. The van der Waals surface area contributed by atoms with Gasteiger partial charge in [-0.2, -0.15) is 0 Å². The number of aliphatic hydroxyl groups is 1. The van der Waals surface area contributed by atoms with Gasteiger partial charge in [-0.15, -0.1) is 0 Å². The van der Waals surface area contributed by atoms with Crippen LogP contribution >= 0.6 is 0 Å². The van der Waals surface area contributed by atoms with Gasteiger partial charge in [0.1, 0.15) is 11.5 Å². The van der Waals surface area contributed by atoms with Gasteiger partial charge in [0, 0.05) is 31.6 Å². The van der Waals surface area contributed by atoms with E-state index in [2.05, 4.69) is 4.90 Å². The van der Waals surface area contributed by atoms with Crippen LogP contribution in [0.3, 0.4) is 0 Å². The third-order valence-corrected chi connectivity index (χ3v) is 7.40. The minimum atomic E-state index is -1.22. The second kappa shape index (κ2) is 10.6. The van der Waals surface area contributed by atoms with E-state index >= 15 is 4.39 Å². The summed E-state index contributed by atoms with van der Waals surface area (Å²) in [4.78, 5) is 16.6. The lowest BCUT2D eigenvalue weighted by atomic mass is 9.79. The molecule has 198 valence electrons. The number of carbonyl (C=O) groups excluding carboxylic acids is 1. The third-order valence-electron chi connectivity index (χ3n) is 7.40. The van der Waals surface area contributed by atoms with Crippen LogP contribution in [0.1, 0.15) is 52.0 Å². The van der Waals surface area contributed by atoms with Crippen LogP contribution in [-0.4, -0.2) is 71.9 Å². The maximum atomic E-state index is 15.1. The summed E-state index contributed by atoms with van der Waals surface area (Å²) in [5.41, 5.74) is -1.60. The fourth-order valence-corrected chi connectivity index (χ4v) is 5.36. The van der Waals surface area contributed by atoms with E-state index in [9.17, 15) is 18.7 Å². The summed E-state index contributed by atoms with van der Waals surface area (Å²) >= 11 is 0. The van der Waals surface area contributed by atoms with Crippen LogP contribution in [0, 0.1) is 17.2 Å². The molecule has 2 saturated heterocycles. The summed E-state index contributed by atoms with van der Waals surface area (Å²) in [5, 5.41) is 9.73. The number of aliphatic hydroxyl groups excluding tert-OH is 1. The molecule has 0 spiro atoms. The monoisotopic (exact) mass is 506 g/mol. The van der Waals surface area contributed by atoms with Crippen LogP contribution in [0.5, 0.6) is 5.75 Å². The first-order valence-corrected chi connectivity index (χ1v) is 12.8. The lowest BCUT2D eigenvalue weighted by Crippen LogP contribution is -2.41. The Labute approximate surface area is 211 Å². The number of β-amino-alcohol motifs (C(OH)–C–C–N with tert-alkyl or cyclic N) is 1. The first-order valence-electron chi connectivity index (χ1n) is 12.8. The van der Waals surface area contributed by atoms with E-state index in [1.807, 2.05) is 0 Å². The van der Waals surface area contributed by atoms with E-state index in [-0.39, 0.29) is 36.1 Å². The Bertz CT molecular complexity index is 1030. The van der Waals surface area contributed by atoms with Crippen molar-refractivity contribution in [2.24, 2.45) is 11.3 Å². The van der Waals surface area contributed by atoms with Crippen molar-refractivity contribution in [3.63, 3.8) is 0 Å². The second-order valence-electron chi connectivity index (χ2n) is 11.3. The molecular formula is C28H37F3N2O3. The highest BCUT2D eigenvalue weighted by molar-refractivity contribution is 5.88. The molecule has 1 aliphatic carbocycles. The number of rotatable bonds is 7. The predicted octanol–water partition coefficient (Wildman–Crippen LogP) is 4.90. The van der Waals surface area contributed by atoms with Gasteiger partial charge in [-0.05, 0) is 76.7 Å². The van der Waals surface area contributed by atoms with Gasteiger partial charge in [0.15, 0.2) is 11.6 Å². The molecule has 4 rings (SSSR count). The normalized spacial score (nSPS) is 26.1. The number of likely N-dealkylation sites (tertiary alicyclic amines) is 2. The highest BCUT2D eigenvalue weighted by Crippen LogP contribution is 2.40. The lowest BCUT2D eigenvalue weighted by Gasteiger charge is -2.34. The lowest BCUT2D eigenvalue weighted by molar-refractivity contribution is -0.138. The van der Waals surface area contributed by atoms with Crippen molar-refractivity contribution in [1.29, 1.82) is 0 Å². The molecule has 2 atom stereocenters. The van der Waals surface area contributed by atoms with Gasteiger partial charge < -0.3 is 19.6 Å². The number of halogens is 3. The van der Waals surface area contributed by atoms with Gasteiger partial charge in [0.2, 0.25) is 5.91 Å². The molecule has 0 saturated carbocycles. The highest BCUT2D eigenvalue weighted by atomic mass is 19.1. The van der Waals surface area contributed by atoms with Crippen LogP contribution in [0.25, 0.3) is 5.57 Å². The van der Waals surface area contributed by atoms with Crippen molar-refractivity contribution in [3.05, 3.63) is 47.6 Å². The van der Waals surface area contributed by atoms with Gasteiger partial charge >= 0.3 is 0 Å². The summed E-state index contributed by atoms with van der Waals surface area (Å²) in [6.07, 6.45) is 4.84. The number of alkyl halides is 1. The maximum absolute atomic E-state index is 15.1. The van der Waals surface area contributed by atoms with Crippen LogP contribution < -0.4 is 4.74 Å². The number of amides is 1. The number of ether oxygens (including phenoxy) is 1. The van der Waals surface area contributed by atoms with E-state index in [0.29, 0.717) is 31.7 Å². The van der Waals surface area contributed by atoms with E-state index < -0.39 is 28.8 Å². The maximum Gasteiger partial charge on any atom is 0.232 e. The number of hydrogen-bond donors (Lipinski definition) is 1. The first kappa shape index (κ1) is 26.7. The number of allylic oxidation sites excluding steroid dienone is 3. The Morgan fingerprint density at radius 2 is 1.92 bits per heavy atom. The fraction of sp³-hybridized carbons (Fsp3) is 0.607. The molecule has 1 aromatic rings. The second-order valence-corrected chi connectivity index (χ2v) is 11.3. The van der Waals surface area contributed by atoms with E-state index in [1.165, 1.54) is 12.1 Å². The predicted molar refractivity (Wildman–Crippen MR) is 133 cm³/mol. The number of piperidine rings is 1. The molecule has 5 nitrogen and oxygen atoms in total. The minimum absolute atomic E-state index is 0.109. The van der Waals surface area contributed by atoms with E-state index in [1.54, 1.807) is 43.9 Å². The molecule has 2 fully saturated rings. The van der Waals surface area contributed by atoms with Crippen LogP contribution in [-0.2, 0) is 4.79 Å².